The third kappa shape index (κ3) is 3.98. The molecule has 0 bridgehead atoms. The van der Waals surface area contributed by atoms with Crippen LogP contribution in [0.3, 0.4) is 0 Å². The minimum Gasteiger partial charge on any atom is -0.495 e. The highest BCUT2D eigenvalue weighted by Crippen LogP contribution is 2.40. The summed E-state index contributed by atoms with van der Waals surface area (Å²) in [7, 11) is 1.55. The predicted octanol–water partition coefficient (Wildman–Crippen LogP) is 5.21. The maximum atomic E-state index is 12.5. The van der Waals surface area contributed by atoms with Gasteiger partial charge in [-0.2, -0.15) is 0 Å². The molecule has 2 aromatic rings. The minimum absolute atomic E-state index is 0.206. The summed E-state index contributed by atoms with van der Waals surface area (Å²) in [6.45, 7) is 6.87. The Morgan fingerprint density at radius 1 is 1.40 bits per heavy atom. The molecule has 1 amide bonds. The molecule has 1 aliphatic rings. The molecule has 6 heteroatoms. The van der Waals surface area contributed by atoms with E-state index in [4.69, 9.17) is 16.3 Å². The Kier molecular flexibility index (Phi) is 5.07. The van der Waals surface area contributed by atoms with E-state index < -0.39 is 0 Å². The molecule has 1 aromatic carbocycles. The van der Waals surface area contributed by atoms with E-state index in [1.165, 1.54) is 4.88 Å². The molecule has 1 aromatic heterocycles. The first-order chi connectivity index (χ1) is 11.8. The number of thiazole rings is 1. The zero-order valence-corrected chi connectivity index (χ0v) is 16.6. The van der Waals surface area contributed by atoms with Crippen molar-refractivity contribution < 1.29 is 9.53 Å². The Morgan fingerprint density at radius 2 is 2.16 bits per heavy atom. The Morgan fingerprint density at radius 3 is 2.80 bits per heavy atom. The number of nitrogens with zero attached hydrogens (tertiary/aromatic N) is 1. The molecule has 0 saturated heterocycles. The van der Waals surface area contributed by atoms with Crippen molar-refractivity contribution in [2.24, 2.45) is 11.3 Å². The van der Waals surface area contributed by atoms with Crippen molar-refractivity contribution in [2.75, 3.05) is 12.4 Å². The predicted molar refractivity (Wildman–Crippen MR) is 103 cm³/mol. The molecular weight excluding hydrogens is 356 g/mol. The van der Waals surface area contributed by atoms with Gasteiger partial charge in [0.15, 0.2) is 5.13 Å². The molecule has 0 aliphatic heterocycles. The highest BCUT2D eigenvalue weighted by Gasteiger charge is 2.30. The number of anilines is 1. The topological polar surface area (TPSA) is 51.2 Å². The van der Waals surface area contributed by atoms with Gasteiger partial charge in [-0.05, 0) is 48.8 Å². The number of hydrogen-bond acceptors (Lipinski definition) is 4. The van der Waals surface area contributed by atoms with Gasteiger partial charge in [0.1, 0.15) is 5.75 Å². The van der Waals surface area contributed by atoms with Crippen LogP contribution >= 0.6 is 22.9 Å². The fourth-order valence-electron chi connectivity index (χ4n) is 3.14. The second kappa shape index (κ2) is 6.96. The van der Waals surface area contributed by atoms with Gasteiger partial charge < -0.3 is 4.74 Å². The number of carbonyl (C=O) groups is 1. The molecule has 1 heterocycles. The SMILES string of the molecule is COc1ccc(C(=O)Nc2nc3c(s2)CC(C(C)(C)C)CC3)cc1Cl. The van der Waals surface area contributed by atoms with Gasteiger partial charge in [-0.15, -0.1) is 11.3 Å². The maximum Gasteiger partial charge on any atom is 0.257 e. The van der Waals surface area contributed by atoms with Crippen molar-refractivity contribution in [3.8, 4) is 5.75 Å². The number of nitrogens with one attached hydrogen (secondary N) is 1. The van der Waals surface area contributed by atoms with Crippen LogP contribution in [0.5, 0.6) is 5.75 Å². The first-order valence-electron chi connectivity index (χ1n) is 8.41. The van der Waals surface area contributed by atoms with Crippen LogP contribution in [0.1, 0.15) is 48.1 Å². The van der Waals surface area contributed by atoms with Crippen LogP contribution in [0.25, 0.3) is 0 Å². The second-order valence-corrected chi connectivity index (χ2v) is 8.99. The highest BCUT2D eigenvalue weighted by molar-refractivity contribution is 7.15. The van der Waals surface area contributed by atoms with Crippen molar-refractivity contribution in [3.63, 3.8) is 0 Å². The van der Waals surface area contributed by atoms with E-state index in [0.717, 1.165) is 25.0 Å². The van der Waals surface area contributed by atoms with Crippen LogP contribution in [0.2, 0.25) is 5.02 Å². The van der Waals surface area contributed by atoms with Crippen LogP contribution in [0.4, 0.5) is 5.13 Å². The molecule has 0 fully saturated rings. The second-order valence-electron chi connectivity index (χ2n) is 7.50. The van der Waals surface area contributed by atoms with E-state index in [1.807, 2.05) is 0 Å². The third-order valence-corrected chi connectivity index (χ3v) is 6.13. The molecule has 1 atom stereocenters. The summed E-state index contributed by atoms with van der Waals surface area (Å²) in [6, 6.07) is 5.00. The molecule has 0 spiro atoms. The maximum absolute atomic E-state index is 12.5. The van der Waals surface area contributed by atoms with Crippen molar-refractivity contribution in [3.05, 3.63) is 39.4 Å². The normalized spacial score (nSPS) is 17.1. The van der Waals surface area contributed by atoms with Crippen molar-refractivity contribution in [1.82, 2.24) is 4.98 Å². The van der Waals surface area contributed by atoms with Crippen LogP contribution < -0.4 is 10.1 Å². The van der Waals surface area contributed by atoms with Crippen LogP contribution in [0.15, 0.2) is 18.2 Å². The van der Waals surface area contributed by atoms with Crippen LogP contribution in [0, 0.1) is 11.3 Å². The van der Waals surface area contributed by atoms with Gasteiger partial charge in [-0.3, -0.25) is 10.1 Å². The van der Waals surface area contributed by atoms with E-state index in [1.54, 1.807) is 36.6 Å². The monoisotopic (exact) mass is 378 g/mol. The summed E-state index contributed by atoms with van der Waals surface area (Å²) >= 11 is 7.69. The number of benzene rings is 1. The smallest absolute Gasteiger partial charge is 0.257 e. The number of hydrogen-bond donors (Lipinski definition) is 1. The van der Waals surface area contributed by atoms with Gasteiger partial charge in [0.2, 0.25) is 0 Å². The van der Waals surface area contributed by atoms with E-state index in [0.29, 0.717) is 32.8 Å². The lowest BCUT2D eigenvalue weighted by molar-refractivity contribution is 0.102. The number of halogens is 1. The van der Waals surface area contributed by atoms with E-state index in [9.17, 15) is 4.79 Å². The van der Waals surface area contributed by atoms with Crippen LogP contribution in [-0.2, 0) is 12.8 Å². The zero-order chi connectivity index (χ0) is 18.2. The van der Waals surface area contributed by atoms with E-state index in [2.05, 4.69) is 31.1 Å². The third-order valence-electron chi connectivity index (χ3n) is 4.80. The van der Waals surface area contributed by atoms with Gasteiger partial charge in [-0.25, -0.2) is 4.98 Å². The van der Waals surface area contributed by atoms with Gasteiger partial charge >= 0.3 is 0 Å². The molecular formula is C19H23ClN2O2S. The summed E-state index contributed by atoms with van der Waals surface area (Å²) in [5.74, 6) is 1.00. The molecule has 4 nitrogen and oxygen atoms in total. The Labute approximate surface area is 157 Å². The van der Waals surface area contributed by atoms with Crippen molar-refractivity contribution in [2.45, 2.75) is 40.0 Å². The number of carbonyl (C=O) groups excluding carboxylic acids is 1. The lowest BCUT2D eigenvalue weighted by atomic mass is 9.73. The van der Waals surface area contributed by atoms with Crippen LogP contribution in [-0.4, -0.2) is 18.0 Å². The average molecular weight is 379 g/mol. The summed E-state index contributed by atoms with van der Waals surface area (Å²) in [5, 5.41) is 3.98. The lowest BCUT2D eigenvalue weighted by Gasteiger charge is -2.33. The molecule has 3 rings (SSSR count). The molecule has 1 unspecified atom stereocenters. The minimum atomic E-state index is -0.206. The average Bonchev–Trinajstić information content (AvgIpc) is 2.95. The standard InChI is InChI=1S/C19H23ClN2O2S/c1-19(2,3)12-6-7-14-16(10-12)25-18(21-14)22-17(23)11-5-8-15(24-4)13(20)9-11/h5,8-9,12H,6-7,10H2,1-4H3,(H,21,22,23). The molecule has 0 saturated carbocycles. The van der Waals surface area contributed by atoms with Crippen molar-refractivity contribution >= 4 is 34.0 Å². The first kappa shape index (κ1) is 18.2. The Hall–Kier alpha value is -1.59. The van der Waals surface area contributed by atoms with E-state index in [-0.39, 0.29) is 5.91 Å². The lowest BCUT2D eigenvalue weighted by Crippen LogP contribution is -2.26. The Bertz CT molecular complexity index is 795. The first-order valence-corrected chi connectivity index (χ1v) is 9.61. The highest BCUT2D eigenvalue weighted by atomic mass is 35.5. The zero-order valence-electron chi connectivity index (χ0n) is 15.0. The molecule has 1 aliphatic carbocycles. The largest absolute Gasteiger partial charge is 0.495 e. The van der Waals surface area contributed by atoms with Gasteiger partial charge in [0.25, 0.3) is 5.91 Å². The summed E-state index contributed by atoms with van der Waals surface area (Å²) < 4.78 is 5.12. The number of methoxy groups -OCH3 is 1. The summed E-state index contributed by atoms with van der Waals surface area (Å²) in [5.41, 5.74) is 1.92. The summed E-state index contributed by atoms with van der Waals surface area (Å²) in [4.78, 5) is 18.4. The molecule has 1 N–H and O–H groups in total. The van der Waals surface area contributed by atoms with Crippen molar-refractivity contribution in [1.29, 1.82) is 0 Å². The molecule has 25 heavy (non-hydrogen) atoms. The fraction of sp³-hybridized carbons (Fsp3) is 0.474. The quantitative estimate of drug-likeness (QED) is 0.797. The van der Waals surface area contributed by atoms with E-state index >= 15 is 0 Å². The molecule has 0 radical (unpaired) electrons. The Balaban J connectivity index is 1.73. The number of rotatable bonds is 3. The fourth-order valence-corrected chi connectivity index (χ4v) is 4.49. The van der Waals surface area contributed by atoms with Gasteiger partial charge in [0, 0.05) is 10.4 Å². The number of amides is 1. The van der Waals surface area contributed by atoms with Gasteiger partial charge in [0.05, 0.1) is 17.8 Å². The molecule has 134 valence electrons. The van der Waals surface area contributed by atoms with Gasteiger partial charge in [-0.1, -0.05) is 32.4 Å². The number of ether oxygens (including phenoxy) is 1. The number of aromatic nitrogens is 1. The summed E-state index contributed by atoms with van der Waals surface area (Å²) in [6.07, 6.45) is 3.18. The number of fused-ring (bicyclic) bond motifs is 1. The number of aryl methyl sites for hydroxylation is 1.